The summed E-state index contributed by atoms with van der Waals surface area (Å²) < 4.78 is 0. The lowest BCUT2D eigenvalue weighted by atomic mass is 9.76. The van der Waals surface area contributed by atoms with Gasteiger partial charge in [0.15, 0.2) is 0 Å². The van der Waals surface area contributed by atoms with Crippen molar-refractivity contribution in [2.75, 3.05) is 0 Å². The molecule has 124 valence electrons. The highest BCUT2D eigenvalue weighted by molar-refractivity contribution is 6.42. The Hall–Kier alpha value is -1.52. The number of allylic oxidation sites excluding steroid dienone is 2. The Balaban J connectivity index is 2.06. The van der Waals surface area contributed by atoms with Crippen LogP contribution in [0.15, 0.2) is 29.3 Å². The zero-order valence-corrected chi connectivity index (χ0v) is 14.5. The second-order valence-electron chi connectivity index (χ2n) is 5.97. The molecular formula is C17H18Cl2NO3-. The standard InChI is InChI=1S/C17H19Cl2NO3/c1-9-5-12(13(17(22)23)6-10(9)2)16(21)20-8-11-3-4-14(18)15(19)7-11/h3-4,7,12-13H,5-6,8H2,1-2H3,(H,20,21)(H,22,23)/p-1/t12-,13-/m1/s1. The lowest BCUT2D eigenvalue weighted by molar-refractivity contribution is -0.313. The van der Waals surface area contributed by atoms with Gasteiger partial charge in [0.2, 0.25) is 5.91 Å². The van der Waals surface area contributed by atoms with E-state index in [1.807, 2.05) is 13.8 Å². The first-order valence-corrected chi connectivity index (χ1v) is 8.13. The van der Waals surface area contributed by atoms with Crippen LogP contribution in [0.2, 0.25) is 10.0 Å². The molecule has 0 fully saturated rings. The number of hydrogen-bond acceptors (Lipinski definition) is 3. The van der Waals surface area contributed by atoms with Crippen molar-refractivity contribution in [1.82, 2.24) is 5.32 Å². The van der Waals surface area contributed by atoms with Crippen molar-refractivity contribution < 1.29 is 14.7 Å². The van der Waals surface area contributed by atoms with E-state index >= 15 is 0 Å². The van der Waals surface area contributed by atoms with Gasteiger partial charge in [-0.05, 0) is 44.4 Å². The molecule has 4 nitrogen and oxygen atoms in total. The summed E-state index contributed by atoms with van der Waals surface area (Å²) in [5.41, 5.74) is 2.89. The van der Waals surface area contributed by atoms with Crippen LogP contribution >= 0.6 is 23.2 Å². The molecule has 1 aliphatic rings. The third-order valence-corrected chi connectivity index (χ3v) is 5.10. The number of carbonyl (C=O) groups excluding carboxylic acids is 2. The van der Waals surface area contributed by atoms with E-state index in [1.165, 1.54) is 0 Å². The molecule has 0 bridgehead atoms. The highest BCUT2D eigenvalue weighted by atomic mass is 35.5. The van der Waals surface area contributed by atoms with Crippen molar-refractivity contribution >= 4 is 35.1 Å². The summed E-state index contributed by atoms with van der Waals surface area (Å²) in [6.07, 6.45) is 0.802. The summed E-state index contributed by atoms with van der Waals surface area (Å²) in [5.74, 6) is -2.84. The number of carbonyl (C=O) groups is 2. The molecule has 0 aliphatic heterocycles. The zero-order valence-electron chi connectivity index (χ0n) is 13.0. The van der Waals surface area contributed by atoms with Crippen LogP contribution in [-0.2, 0) is 16.1 Å². The average molecular weight is 355 g/mol. The van der Waals surface area contributed by atoms with Gasteiger partial charge in [0, 0.05) is 24.3 Å². The Morgan fingerprint density at radius 3 is 2.30 bits per heavy atom. The van der Waals surface area contributed by atoms with Gasteiger partial charge >= 0.3 is 0 Å². The van der Waals surface area contributed by atoms with E-state index in [1.54, 1.807) is 18.2 Å². The molecule has 2 atom stereocenters. The van der Waals surface area contributed by atoms with Crippen molar-refractivity contribution in [3.63, 3.8) is 0 Å². The maximum Gasteiger partial charge on any atom is 0.224 e. The van der Waals surface area contributed by atoms with Crippen LogP contribution < -0.4 is 10.4 Å². The monoisotopic (exact) mass is 354 g/mol. The fourth-order valence-electron chi connectivity index (χ4n) is 2.79. The molecule has 23 heavy (non-hydrogen) atoms. The molecule has 0 aromatic heterocycles. The van der Waals surface area contributed by atoms with Crippen LogP contribution in [0.25, 0.3) is 0 Å². The number of rotatable bonds is 4. The second kappa shape index (κ2) is 7.37. The number of benzene rings is 1. The summed E-state index contributed by atoms with van der Waals surface area (Å²) in [6, 6.07) is 5.10. The molecule has 6 heteroatoms. The summed E-state index contributed by atoms with van der Waals surface area (Å²) in [4.78, 5) is 23.7. The quantitative estimate of drug-likeness (QED) is 0.845. The highest BCUT2D eigenvalue weighted by Crippen LogP contribution is 2.34. The van der Waals surface area contributed by atoms with Gasteiger partial charge in [0.1, 0.15) is 0 Å². The smallest absolute Gasteiger partial charge is 0.224 e. The van der Waals surface area contributed by atoms with E-state index < -0.39 is 17.8 Å². The Morgan fingerprint density at radius 2 is 1.74 bits per heavy atom. The number of aliphatic carboxylic acids is 1. The predicted molar refractivity (Wildman–Crippen MR) is 87.9 cm³/mol. The highest BCUT2D eigenvalue weighted by Gasteiger charge is 2.33. The summed E-state index contributed by atoms with van der Waals surface area (Å²) >= 11 is 11.8. The van der Waals surface area contributed by atoms with Crippen molar-refractivity contribution in [3.05, 3.63) is 45.0 Å². The van der Waals surface area contributed by atoms with Crippen molar-refractivity contribution in [2.45, 2.75) is 33.2 Å². The van der Waals surface area contributed by atoms with Gasteiger partial charge < -0.3 is 15.2 Å². The number of carboxylic acids is 1. The van der Waals surface area contributed by atoms with Crippen LogP contribution in [-0.4, -0.2) is 11.9 Å². The molecule has 0 saturated heterocycles. The first-order valence-electron chi connectivity index (χ1n) is 7.37. The maximum atomic E-state index is 12.4. The predicted octanol–water partition coefficient (Wildman–Crippen LogP) is 2.72. The summed E-state index contributed by atoms with van der Waals surface area (Å²) in [5, 5.41) is 15.0. The average Bonchev–Trinajstić information content (AvgIpc) is 2.50. The molecule has 1 amide bonds. The number of hydrogen-bond donors (Lipinski definition) is 1. The molecule has 1 aromatic carbocycles. The number of nitrogens with one attached hydrogen (secondary N) is 1. The summed E-state index contributed by atoms with van der Waals surface area (Å²) in [7, 11) is 0. The molecule has 0 saturated carbocycles. The maximum absolute atomic E-state index is 12.4. The SMILES string of the molecule is CC1=C(C)C[C@@H](C(=O)NCc2ccc(Cl)c(Cl)c2)[C@H](C(=O)[O-])C1. The van der Waals surface area contributed by atoms with E-state index in [0.29, 0.717) is 22.9 Å². The molecule has 0 radical (unpaired) electrons. The van der Waals surface area contributed by atoms with Gasteiger partial charge in [-0.1, -0.05) is 40.4 Å². The molecular weight excluding hydrogens is 337 g/mol. The van der Waals surface area contributed by atoms with Crippen LogP contribution in [0.1, 0.15) is 32.3 Å². The fraction of sp³-hybridized carbons (Fsp3) is 0.412. The minimum Gasteiger partial charge on any atom is -0.550 e. The van der Waals surface area contributed by atoms with Gasteiger partial charge in [0.25, 0.3) is 0 Å². The Labute approximate surface area is 145 Å². The number of halogens is 2. The van der Waals surface area contributed by atoms with Crippen LogP contribution in [0.5, 0.6) is 0 Å². The van der Waals surface area contributed by atoms with E-state index in [-0.39, 0.29) is 12.5 Å². The second-order valence-corrected chi connectivity index (χ2v) is 6.78. The third-order valence-electron chi connectivity index (χ3n) is 4.36. The van der Waals surface area contributed by atoms with Crippen molar-refractivity contribution in [1.29, 1.82) is 0 Å². The molecule has 1 N–H and O–H groups in total. The van der Waals surface area contributed by atoms with E-state index in [9.17, 15) is 14.7 Å². The molecule has 1 aliphatic carbocycles. The normalized spacial score (nSPS) is 21.2. The number of carboxylic acid groups (broad SMARTS) is 1. The summed E-state index contributed by atoms with van der Waals surface area (Å²) in [6.45, 7) is 4.10. The largest absolute Gasteiger partial charge is 0.550 e. The fourth-order valence-corrected chi connectivity index (χ4v) is 3.11. The third kappa shape index (κ3) is 4.27. The van der Waals surface area contributed by atoms with Crippen LogP contribution in [0.4, 0.5) is 0 Å². The van der Waals surface area contributed by atoms with Gasteiger partial charge in [-0.3, -0.25) is 4.79 Å². The lowest BCUT2D eigenvalue weighted by Crippen LogP contribution is -2.44. The lowest BCUT2D eigenvalue weighted by Gasteiger charge is -2.32. The van der Waals surface area contributed by atoms with E-state index in [4.69, 9.17) is 23.2 Å². The van der Waals surface area contributed by atoms with Crippen LogP contribution in [0.3, 0.4) is 0 Å². The first kappa shape index (κ1) is 17.8. The zero-order chi connectivity index (χ0) is 17.1. The Kier molecular flexibility index (Phi) is 5.71. The topological polar surface area (TPSA) is 69.2 Å². The van der Waals surface area contributed by atoms with E-state index in [0.717, 1.165) is 16.7 Å². The first-order chi connectivity index (χ1) is 10.8. The van der Waals surface area contributed by atoms with Crippen molar-refractivity contribution in [3.8, 4) is 0 Å². The Bertz CT molecular complexity index is 670. The molecule has 1 aromatic rings. The molecule has 0 unspecified atom stereocenters. The number of amides is 1. The van der Waals surface area contributed by atoms with Gasteiger partial charge in [-0.15, -0.1) is 0 Å². The van der Waals surface area contributed by atoms with Crippen molar-refractivity contribution in [2.24, 2.45) is 11.8 Å². The molecule has 0 heterocycles. The van der Waals surface area contributed by atoms with Gasteiger partial charge in [-0.25, -0.2) is 0 Å². The van der Waals surface area contributed by atoms with E-state index in [2.05, 4.69) is 5.32 Å². The minimum atomic E-state index is -1.17. The Morgan fingerprint density at radius 1 is 1.13 bits per heavy atom. The van der Waals surface area contributed by atoms with Gasteiger partial charge in [-0.2, -0.15) is 0 Å². The molecule has 2 rings (SSSR count). The van der Waals surface area contributed by atoms with Crippen LogP contribution in [0, 0.1) is 11.8 Å². The molecule has 0 spiro atoms. The van der Waals surface area contributed by atoms with Gasteiger partial charge in [0.05, 0.1) is 10.0 Å². The minimum absolute atomic E-state index is 0.272.